The highest BCUT2D eigenvalue weighted by molar-refractivity contribution is 7.20. The van der Waals surface area contributed by atoms with Crippen LogP contribution < -0.4 is 10.2 Å². The van der Waals surface area contributed by atoms with E-state index in [9.17, 15) is 4.79 Å². The third kappa shape index (κ3) is 4.19. The van der Waals surface area contributed by atoms with Crippen LogP contribution in [0.5, 0.6) is 0 Å². The lowest BCUT2D eigenvalue weighted by molar-refractivity contribution is 0.0742. The molecule has 1 aliphatic rings. The molecule has 1 fully saturated rings. The van der Waals surface area contributed by atoms with Gasteiger partial charge in [0.05, 0.1) is 0 Å². The van der Waals surface area contributed by atoms with Gasteiger partial charge >= 0.3 is 0 Å². The van der Waals surface area contributed by atoms with Crippen LogP contribution in [-0.4, -0.2) is 62.1 Å². The Hall–Kier alpha value is -3.85. The standard InChI is InChI=1S/C27H29N7OS/c1-27(2,3)30-23-22(18-9-5-4-6-10-18)29-25-34(23)31-26(36-25)33-15-13-32(14-16-33)24(35)21-17-19-11-7-8-12-20(19)28-21/h4-12,17,28,30H,13-16H2,1-3H3. The van der Waals surface area contributed by atoms with Gasteiger partial charge in [-0.2, -0.15) is 4.52 Å². The number of amides is 1. The van der Waals surface area contributed by atoms with Crippen LogP contribution in [0.25, 0.3) is 27.1 Å². The predicted molar refractivity (Wildman–Crippen MR) is 146 cm³/mol. The Bertz CT molecular complexity index is 1500. The second-order valence-corrected chi connectivity index (χ2v) is 11.1. The number of benzene rings is 2. The lowest BCUT2D eigenvalue weighted by Gasteiger charge is -2.34. The molecule has 1 saturated heterocycles. The van der Waals surface area contributed by atoms with Crippen molar-refractivity contribution in [3.63, 3.8) is 0 Å². The number of H-pyrrole nitrogens is 1. The maximum atomic E-state index is 13.1. The van der Waals surface area contributed by atoms with Crippen LogP contribution in [0, 0.1) is 0 Å². The van der Waals surface area contributed by atoms with E-state index in [-0.39, 0.29) is 11.4 Å². The highest BCUT2D eigenvalue weighted by Crippen LogP contribution is 2.35. The summed E-state index contributed by atoms with van der Waals surface area (Å²) in [6.45, 7) is 9.18. The molecule has 0 spiro atoms. The van der Waals surface area contributed by atoms with Crippen molar-refractivity contribution < 1.29 is 4.79 Å². The molecule has 4 heterocycles. The van der Waals surface area contributed by atoms with Crippen LogP contribution in [-0.2, 0) is 0 Å². The first kappa shape index (κ1) is 22.6. The average Bonchev–Trinajstić information content (AvgIpc) is 3.57. The van der Waals surface area contributed by atoms with Gasteiger partial charge in [0.2, 0.25) is 10.1 Å². The van der Waals surface area contributed by atoms with Gasteiger partial charge in [0.15, 0.2) is 5.82 Å². The third-order valence-electron chi connectivity index (χ3n) is 6.33. The number of hydrogen-bond acceptors (Lipinski definition) is 6. The first-order valence-electron chi connectivity index (χ1n) is 12.2. The molecule has 2 aromatic carbocycles. The molecule has 36 heavy (non-hydrogen) atoms. The normalized spacial score (nSPS) is 14.6. The predicted octanol–water partition coefficient (Wildman–Crippen LogP) is 5.11. The number of aromatic nitrogens is 4. The molecule has 184 valence electrons. The fourth-order valence-electron chi connectivity index (χ4n) is 4.59. The number of hydrogen-bond donors (Lipinski definition) is 2. The van der Waals surface area contributed by atoms with Crippen molar-refractivity contribution in [3.05, 3.63) is 66.4 Å². The molecule has 0 bridgehead atoms. The topological polar surface area (TPSA) is 81.6 Å². The maximum absolute atomic E-state index is 13.1. The molecule has 0 unspecified atom stereocenters. The average molecular weight is 500 g/mol. The Labute approximate surface area is 213 Å². The summed E-state index contributed by atoms with van der Waals surface area (Å²) in [6.07, 6.45) is 0. The Kier molecular flexibility index (Phi) is 5.44. The SMILES string of the molecule is CC(C)(C)Nc1c(-c2ccccc2)nc2sc(N3CCN(C(=O)c4cc5ccccc5[nH]4)CC3)nn12. The second kappa shape index (κ2) is 8.67. The Balaban J connectivity index is 1.22. The molecule has 0 radical (unpaired) electrons. The summed E-state index contributed by atoms with van der Waals surface area (Å²) in [6, 6.07) is 20.1. The number of carbonyl (C=O) groups is 1. The smallest absolute Gasteiger partial charge is 0.270 e. The molecule has 1 amide bonds. The summed E-state index contributed by atoms with van der Waals surface area (Å²) in [7, 11) is 0. The van der Waals surface area contributed by atoms with Crippen molar-refractivity contribution in [2.24, 2.45) is 0 Å². The number of fused-ring (bicyclic) bond motifs is 2. The molecular weight excluding hydrogens is 470 g/mol. The summed E-state index contributed by atoms with van der Waals surface area (Å²) in [5.41, 5.74) is 3.46. The molecule has 3 aromatic heterocycles. The fourth-order valence-corrected chi connectivity index (χ4v) is 5.54. The zero-order valence-electron chi connectivity index (χ0n) is 20.7. The summed E-state index contributed by atoms with van der Waals surface area (Å²) >= 11 is 1.59. The molecule has 0 saturated carbocycles. The zero-order chi connectivity index (χ0) is 24.9. The number of nitrogens with one attached hydrogen (secondary N) is 2. The minimum Gasteiger partial charge on any atom is -0.364 e. The number of nitrogens with zero attached hydrogens (tertiary/aromatic N) is 5. The molecule has 1 aliphatic heterocycles. The molecule has 0 aliphatic carbocycles. The van der Waals surface area contributed by atoms with Gasteiger partial charge in [-0.1, -0.05) is 59.9 Å². The van der Waals surface area contributed by atoms with E-state index >= 15 is 0 Å². The van der Waals surface area contributed by atoms with Crippen molar-refractivity contribution >= 4 is 44.1 Å². The van der Waals surface area contributed by atoms with E-state index in [1.165, 1.54) is 0 Å². The van der Waals surface area contributed by atoms with Crippen molar-refractivity contribution in [3.8, 4) is 11.3 Å². The van der Waals surface area contributed by atoms with E-state index in [1.54, 1.807) is 11.3 Å². The molecule has 0 atom stereocenters. The Morgan fingerprint density at radius 1 is 1.00 bits per heavy atom. The number of rotatable bonds is 4. The van der Waals surface area contributed by atoms with Crippen LogP contribution in [0.4, 0.5) is 10.9 Å². The highest BCUT2D eigenvalue weighted by atomic mass is 32.1. The van der Waals surface area contributed by atoms with Crippen LogP contribution in [0.3, 0.4) is 0 Å². The van der Waals surface area contributed by atoms with Crippen LogP contribution in [0.1, 0.15) is 31.3 Å². The number of imidazole rings is 1. The molecule has 6 rings (SSSR count). The number of para-hydroxylation sites is 1. The molecule has 2 N–H and O–H groups in total. The Morgan fingerprint density at radius 2 is 1.72 bits per heavy atom. The summed E-state index contributed by atoms with van der Waals surface area (Å²) < 4.78 is 1.93. The zero-order valence-corrected chi connectivity index (χ0v) is 21.5. The fraction of sp³-hybridized carbons (Fsp3) is 0.296. The van der Waals surface area contributed by atoms with Crippen molar-refractivity contribution in [2.75, 3.05) is 36.4 Å². The quantitative estimate of drug-likeness (QED) is 0.359. The summed E-state index contributed by atoms with van der Waals surface area (Å²) in [5.74, 6) is 0.947. The van der Waals surface area contributed by atoms with E-state index in [0.29, 0.717) is 18.8 Å². The highest BCUT2D eigenvalue weighted by Gasteiger charge is 2.27. The second-order valence-electron chi connectivity index (χ2n) is 10.2. The van der Waals surface area contributed by atoms with E-state index < -0.39 is 0 Å². The van der Waals surface area contributed by atoms with Gasteiger partial charge in [-0.3, -0.25) is 4.79 Å². The van der Waals surface area contributed by atoms with E-state index in [2.05, 4.69) is 48.1 Å². The third-order valence-corrected chi connectivity index (χ3v) is 7.30. The van der Waals surface area contributed by atoms with Gasteiger partial charge in [-0.05, 0) is 32.9 Å². The summed E-state index contributed by atoms with van der Waals surface area (Å²) in [5, 5.41) is 10.5. The first-order valence-corrected chi connectivity index (χ1v) is 13.0. The van der Waals surface area contributed by atoms with Gasteiger partial charge in [-0.15, -0.1) is 5.10 Å². The molecule has 9 heteroatoms. The van der Waals surface area contributed by atoms with Crippen molar-refractivity contribution in [1.82, 2.24) is 24.5 Å². The minimum atomic E-state index is -0.141. The van der Waals surface area contributed by atoms with Gasteiger partial charge in [0.25, 0.3) is 5.91 Å². The van der Waals surface area contributed by atoms with Gasteiger partial charge < -0.3 is 20.1 Å². The lowest BCUT2D eigenvalue weighted by atomic mass is 10.1. The van der Waals surface area contributed by atoms with Crippen molar-refractivity contribution in [2.45, 2.75) is 26.3 Å². The van der Waals surface area contributed by atoms with Crippen LogP contribution in [0.2, 0.25) is 0 Å². The minimum absolute atomic E-state index is 0.0453. The number of aromatic amines is 1. The lowest BCUT2D eigenvalue weighted by Crippen LogP contribution is -2.48. The van der Waals surface area contributed by atoms with Gasteiger partial charge in [-0.25, -0.2) is 4.98 Å². The van der Waals surface area contributed by atoms with Gasteiger partial charge in [0, 0.05) is 48.2 Å². The van der Waals surface area contributed by atoms with Gasteiger partial charge in [0.1, 0.15) is 11.4 Å². The largest absolute Gasteiger partial charge is 0.364 e. The van der Waals surface area contributed by atoms with Crippen LogP contribution in [0.15, 0.2) is 60.7 Å². The molecule has 5 aromatic rings. The van der Waals surface area contributed by atoms with E-state index in [1.807, 2.05) is 57.9 Å². The van der Waals surface area contributed by atoms with E-state index in [4.69, 9.17) is 10.1 Å². The first-order chi connectivity index (χ1) is 17.4. The van der Waals surface area contributed by atoms with E-state index in [0.717, 1.165) is 51.2 Å². The van der Waals surface area contributed by atoms with Crippen molar-refractivity contribution in [1.29, 1.82) is 0 Å². The molecule has 8 nitrogen and oxygen atoms in total. The monoisotopic (exact) mass is 499 g/mol. The number of piperazine rings is 1. The summed E-state index contributed by atoms with van der Waals surface area (Å²) in [4.78, 5) is 26.3. The molecular formula is C27H29N7OS. The number of anilines is 2. The van der Waals surface area contributed by atoms with Crippen LogP contribution >= 0.6 is 11.3 Å². The Morgan fingerprint density at radius 3 is 2.44 bits per heavy atom. The number of carbonyl (C=O) groups excluding carboxylic acids is 1. The maximum Gasteiger partial charge on any atom is 0.270 e.